The first-order valence-electron chi connectivity index (χ1n) is 7.30. The fourth-order valence-electron chi connectivity index (χ4n) is 2.22. The van der Waals surface area contributed by atoms with Crippen LogP contribution in [0.4, 0.5) is 10.2 Å². The third-order valence-corrected chi connectivity index (χ3v) is 3.53. The number of hydrogen-bond donors (Lipinski definition) is 1. The molecule has 0 bridgehead atoms. The maximum absolute atomic E-state index is 13.4. The van der Waals surface area contributed by atoms with Crippen molar-refractivity contribution >= 4 is 5.82 Å². The Balaban J connectivity index is 1.96. The lowest BCUT2D eigenvalue weighted by Gasteiger charge is -2.22. The molecule has 5 heteroatoms. The molecule has 1 N–H and O–H groups in total. The molecule has 0 saturated heterocycles. The summed E-state index contributed by atoms with van der Waals surface area (Å²) in [6.45, 7) is 2.66. The first-order chi connectivity index (χ1) is 9.56. The first kappa shape index (κ1) is 15.2. The Morgan fingerprint density at radius 3 is 2.70 bits per heavy atom. The Bertz CT molecular complexity index is 432. The maximum Gasteiger partial charge on any atom is 0.141 e. The van der Waals surface area contributed by atoms with Gasteiger partial charge in [-0.15, -0.1) is 0 Å². The zero-order valence-corrected chi connectivity index (χ0v) is 12.7. The molecule has 20 heavy (non-hydrogen) atoms. The zero-order valence-electron chi connectivity index (χ0n) is 12.7. The van der Waals surface area contributed by atoms with Crippen LogP contribution in [0.25, 0.3) is 0 Å². The number of rotatable bonds is 8. The second-order valence-corrected chi connectivity index (χ2v) is 5.87. The van der Waals surface area contributed by atoms with Crippen LogP contribution in [0, 0.1) is 5.82 Å². The Hall–Kier alpha value is -1.20. The molecule has 1 aliphatic carbocycles. The minimum absolute atomic E-state index is 0.261. The van der Waals surface area contributed by atoms with E-state index in [-0.39, 0.29) is 5.82 Å². The van der Waals surface area contributed by atoms with Gasteiger partial charge in [0.2, 0.25) is 0 Å². The lowest BCUT2D eigenvalue weighted by atomic mass is 10.2. The van der Waals surface area contributed by atoms with Crippen LogP contribution < -0.4 is 10.2 Å². The molecule has 1 heterocycles. The molecule has 0 atom stereocenters. The van der Waals surface area contributed by atoms with Crippen LogP contribution in [0.5, 0.6) is 0 Å². The average molecular weight is 280 g/mol. The number of nitrogens with one attached hydrogen (secondary N) is 1. The molecule has 1 aromatic heterocycles. The van der Waals surface area contributed by atoms with Crippen molar-refractivity contribution in [3.05, 3.63) is 23.6 Å². The average Bonchev–Trinajstić information content (AvgIpc) is 3.19. The molecule has 0 unspecified atom stereocenters. The molecule has 0 aromatic carbocycles. The van der Waals surface area contributed by atoms with E-state index in [1.54, 1.807) is 6.07 Å². The number of anilines is 1. The molecule has 0 spiro atoms. The van der Waals surface area contributed by atoms with Gasteiger partial charge in [-0.3, -0.25) is 0 Å². The molecular weight excluding hydrogens is 255 g/mol. The van der Waals surface area contributed by atoms with Gasteiger partial charge in [-0.2, -0.15) is 0 Å². The van der Waals surface area contributed by atoms with E-state index in [0.717, 1.165) is 30.9 Å². The summed E-state index contributed by atoms with van der Waals surface area (Å²) in [4.78, 5) is 8.56. The van der Waals surface area contributed by atoms with Crippen molar-refractivity contribution < 1.29 is 4.39 Å². The maximum atomic E-state index is 13.4. The molecule has 1 fully saturated rings. The summed E-state index contributed by atoms with van der Waals surface area (Å²) in [6.07, 6.45) is 4.84. The Morgan fingerprint density at radius 1 is 1.30 bits per heavy atom. The number of hydrogen-bond acceptors (Lipinski definition) is 4. The van der Waals surface area contributed by atoms with Crippen molar-refractivity contribution in [2.24, 2.45) is 0 Å². The summed E-state index contributed by atoms with van der Waals surface area (Å²) in [5, 5.41) is 3.43. The summed E-state index contributed by atoms with van der Waals surface area (Å²) in [7, 11) is 6.17. The second-order valence-electron chi connectivity index (χ2n) is 5.87. The minimum Gasteiger partial charge on any atom is -0.359 e. The van der Waals surface area contributed by atoms with Gasteiger partial charge in [0, 0.05) is 31.7 Å². The van der Waals surface area contributed by atoms with E-state index in [1.807, 2.05) is 7.05 Å². The summed E-state index contributed by atoms with van der Waals surface area (Å²) in [5.41, 5.74) is 0.948. The highest BCUT2D eigenvalue weighted by molar-refractivity contribution is 5.46. The van der Waals surface area contributed by atoms with Crippen molar-refractivity contribution in [1.29, 1.82) is 0 Å². The van der Waals surface area contributed by atoms with Gasteiger partial charge in [0.25, 0.3) is 0 Å². The van der Waals surface area contributed by atoms with E-state index in [1.165, 1.54) is 19.0 Å². The van der Waals surface area contributed by atoms with Crippen molar-refractivity contribution in [2.75, 3.05) is 39.1 Å². The largest absolute Gasteiger partial charge is 0.359 e. The van der Waals surface area contributed by atoms with E-state index in [2.05, 4.69) is 34.2 Å². The topological polar surface area (TPSA) is 31.4 Å². The fourth-order valence-corrected chi connectivity index (χ4v) is 2.22. The third-order valence-electron chi connectivity index (χ3n) is 3.53. The molecule has 2 rings (SSSR count). The molecule has 4 nitrogen and oxygen atoms in total. The van der Waals surface area contributed by atoms with Crippen LogP contribution in [-0.2, 0) is 6.54 Å². The SMILES string of the molecule is CN(C)CCCN(C)c1ncc(F)cc1CNC1CC1. The summed E-state index contributed by atoms with van der Waals surface area (Å²) >= 11 is 0. The van der Waals surface area contributed by atoms with Gasteiger partial charge in [-0.25, -0.2) is 9.37 Å². The predicted molar refractivity (Wildman–Crippen MR) is 80.5 cm³/mol. The van der Waals surface area contributed by atoms with Crippen molar-refractivity contribution in [1.82, 2.24) is 15.2 Å². The first-order valence-corrected chi connectivity index (χ1v) is 7.30. The smallest absolute Gasteiger partial charge is 0.141 e. The lowest BCUT2D eigenvalue weighted by molar-refractivity contribution is 0.401. The van der Waals surface area contributed by atoms with E-state index in [9.17, 15) is 4.39 Å². The van der Waals surface area contributed by atoms with Crippen LogP contribution in [-0.4, -0.2) is 50.2 Å². The summed E-state index contributed by atoms with van der Waals surface area (Å²) < 4.78 is 13.4. The Morgan fingerprint density at radius 2 is 2.05 bits per heavy atom. The zero-order chi connectivity index (χ0) is 14.5. The van der Waals surface area contributed by atoms with E-state index in [0.29, 0.717) is 12.6 Å². The number of halogens is 1. The van der Waals surface area contributed by atoms with Gasteiger partial charge < -0.3 is 15.1 Å². The number of pyridine rings is 1. The van der Waals surface area contributed by atoms with Gasteiger partial charge >= 0.3 is 0 Å². The van der Waals surface area contributed by atoms with Crippen molar-refractivity contribution in [2.45, 2.75) is 31.8 Å². The quantitative estimate of drug-likeness (QED) is 0.787. The number of aromatic nitrogens is 1. The van der Waals surface area contributed by atoms with Gasteiger partial charge in [0.15, 0.2) is 0 Å². The van der Waals surface area contributed by atoms with Crippen molar-refractivity contribution in [3.63, 3.8) is 0 Å². The van der Waals surface area contributed by atoms with Crippen LogP contribution in [0.1, 0.15) is 24.8 Å². The Kier molecular flexibility index (Phi) is 5.31. The lowest BCUT2D eigenvalue weighted by Crippen LogP contribution is -2.26. The molecule has 0 amide bonds. The van der Waals surface area contributed by atoms with Crippen molar-refractivity contribution in [3.8, 4) is 0 Å². The standard InChI is InChI=1S/C15H25FN4/c1-19(2)7-4-8-20(3)15-12(9-13(16)11-18-15)10-17-14-5-6-14/h9,11,14,17H,4-8,10H2,1-3H3. The summed E-state index contributed by atoms with van der Waals surface area (Å²) in [5.74, 6) is 0.626. The molecule has 1 saturated carbocycles. The van der Waals surface area contributed by atoms with Crippen LogP contribution >= 0.6 is 0 Å². The Labute approximate surface area is 121 Å². The molecule has 0 aliphatic heterocycles. The highest BCUT2D eigenvalue weighted by Crippen LogP contribution is 2.22. The molecule has 1 aromatic rings. The van der Waals surface area contributed by atoms with E-state index in [4.69, 9.17) is 0 Å². The van der Waals surface area contributed by atoms with E-state index >= 15 is 0 Å². The monoisotopic (exact) mass is 280 g/mol. The molecule has 112 valence electrons. The molecule has 1 aliphatic rings. The fraction of sp³-hybridized carbons (Fsp3) is 0.667. The summed E-state index contributed by atoms with van der Waals surface area (Å²) in [6, 6.07) is 2.21. The van der Waals surface area contributed by atoms with Crippen LogP contribution in [0.2, 0.25) is 0 Å². The van der Waals surface area contributed by atoms with Gasteiger partial charge in [-0.1, -0.05) is 0 Å². The minimum atomic E-state index is -0.261. The highest BCUT2D eigenvalue weighted by Gasteiger charge is 2.21. The second kappa shape index (κ2) is 6.99. The number of nitrogens with zero attached hydrogens (tertiary/aromatic N) is 3. The van der Waals surface area contributed by atoms with Crippen LogP contribution in [0.15, 0.2) is 12.3 Å². The molecular formula is C15H25FN4. The third kappa shape index (κ3) is 4.72. The predicted octanol–water partition coefficient (Wildman–Crippen LogP) is 1.86. The van der Waals surface area contributed by atoms with Crippen LogP contribution in [0.3, 0.4) is 0 Å². The van der Waals surface area contributed by atoms with Gasteiger partial charge in [0.05, 0.1) is 6.20 Å². The van der Waals surface area contributed by atoms with E-state index < -0.39 is 0 Å². The van der Waals surface area contributed by atoms with Gasteiger partial charge in [0.1, 0.15) is 11.6 Å². The normalized spacial score (nSPS) is 14.8. The molecule has 0 radical (unpaired) electrons. The highest BCUT2D eigenvalue weighted by atomic mass is 19.1. The van der Waals surface area contributed by atoms with Gasteiger partial charge in [-0.05, 0) is 46.0 Å².